The van der Waals surface area contributed by atoms with E-state index < -0.39 is 6.29 Å². The lowest BCUT2D eigenvalue weighted by molar-refractivity contribution is -0.276. The third-order valence-corrected chi connectivity index (χ3v) is 6.48. The van der Waals surface area contributed by atoms with Gasteiger partial charge < -0.3 is 24.5 Å². The van der Waals surface area contributed by atoms with Crippen LogP contribution in [0.15, 0.2) is 54.9 Å². The zero-order chi connectivity index (χ0) is 23.5. The molecule has 0 bridgehead atoms. The molecule has 0 spiro atoms. The molecule has 7 nitrogen and oxygen atoms in total. The van der Waals surface area contributed by atoms with E-state index in [2.05, 4.69) is 17.2 Å². The summed E-state index contributed by atoms with van der Waals surface area (Å²) in [6.45, 7) is 3.94. The number of imidazole rings is 1. The van der Waals surface area contributed by atoms with Crippen molar-refractivity contribution in [1.82, 2.24) is 9.55 Å². The molecule has 1 aliphatic rings. The van der Waals surface area contributed by atoms with Gasteiger partial charge in [0.1, 0.15) is 5.15 Å². The van der Waals surface area contributed by atoms with Crippen molar-refractivity contribution < 1.29 is 19.4 Å². The fraction of sp³-hybridized carbons (Fsp3) is 0.333. The monoisotopic (exact) mass is 489 g/mol. The summed E-state index contributed by atoms with van der Waals surface area (Å²) in [4.78, 5) is 15.6. The van der Waals surface area contributed by atoms with Crippen molar-refractivity contribution in [2.45, 2.75) is 45.5 Å². The molecule has 4 rings (SSSR count). The van der Waals surface area contributed by atoms with E-state index in [0.717, 1.165) is 16.7 Å². The number of hydrogen-bond acceptors (Lipinski definition) is 5. The minimum atomic E-state index is -0.666. The van der Waals surface area contributed by atoms with Crippen LogP contribution in [0.3, 0.4) is 0 Å². The van der Waals surface area contributed by atoms with Crippen LogP contribution in [0.2, 0.25) is 10.3 Å². The first-order chi connectivity index (χ1) is 15.9. The highest BCUT2D eigenvalue weighted by Crippen LogP contribution is 2.42. The summed E-state index contributed by atoms with van der Waals surface area (Å²) in [6, 6.07) is 15.1. The number of hydrogen-bond donors (Lipinski definition) is 2. The molecule has 1 aliphatic heterocycles. The number of amides is 1. The summed E-state index contributed by atoms with van der Waals surface area (Å²) in [6.07, 6.45) is 0.385. The quantitative estimate of drug-likeness (QED) is 0.500. The summed E-state index contributed by atoms with van der Waals surface area (Å²) < 4.78 is 14.6. The second-order valence-corrected chi connectivity index (χ2v) is 8.82. The Bertz CT molecular complexity index is 1120. The Labute approximate surface area is 202 Å². The van der Waals surface area contributed by atoms with Crippen molar-refractivity contribution in [2.24, 2.45) is 5.92 Å². The Balaban J connectivity index is 1.66. The molecule has 9 heteroatoms. The summed E-state index contributed by atoms with van der Waals surface area (Å²) in [7, 11) is 0. The van der Waals surface area contributed by atoms with Crippen molar-refractivity contribution >= 4 is 34.8 Å². The van der Waals surface area contributed by atoms with E-state index in [1.807, 2.05) is 48.5 Å². The molecule has 174 valence electrons. The number of benzene rings is 2. The van der Waals surface area contributed by atoms with Crippen molar-refractivity contribution in [3.8, 4) is 0 Å². The number of nitrogens with one attached hydrogen (secondary N) is 1. The lowest BCUT2D eigenvalue weighted by Gasteiger charge is -2.41. The molecule has 4 unspecified atom stereocenters. The number of ether oxygens (including phenoxy) is 2. The van der Waals surface area contributed by atoms with Gasteiger partial charge >= 0.3 is 0 Å². The average molecular weight is 490 g/mol. The van der Waals surface area contributed by atoms with Gasteiger partial charge in [-0.3, -0.25) is 4.79 Å². The lowest BCUT2D eigenvalue weighted by atomic mass is 9.90. The molecular weight excluding hydrogens is 465 g/mol. The Morgan fingerprint density at radius 1 is 1.15 bits per heavy atom. The number of halogens is 2. The van der Waals surface area contributed by atoms with Gasteiger partial charge in [-0.15, -0.1) is 0 Å². The van der Waals surface area contributed by atoms with Crippen LogP contribution in [0, 0.1) is 5.92 Å². The van der Waals surface area contributed by atoms with Crippen LogP contribution >= 0.6 is 23.2 Å². The van der Waals surface area contributed by atoms with Crippen molar-refractivity contribution in [3.05, 3.63) is 81.9 Å². The average Bonchev–Trinajstić information content (AvgIpc) is 3.12. The number of rotatable bonds is 6. The SMILES string of the molecule is CC(=O)Nc1cccc(C2OC(Cn3cnc(Cl)c3Cl)C(C)C(c3ccc(CO)cc3)O2)c1. The first-order valence-electron chi connectivity index (χ1n) is 10.6. The van der Waals surface area contributed by atoms with E-state index in [4.69, 9.17) is 32.7 Å². The molecule has 1 fully saturated rings. The standard InChI is InChI=1S/C24H25Cl2N3O4/c1-14-20(11-29-13-27-22(25)23(29)26)32-24(18-4-3-5-19(10-18)28-15(2)31)33-21(14)17-8-6-16(12-30)7-9-17/h3-10,13-14,20-21,24,30H,11-12H2,1-2H3,(H,28,31). The molecule has 2 heterocycles. The maximum Gasteiger partial charge on any atom is 0.221 e. The minimum Gasteiger partial charge on any atom is -0.392 e. The predicted molar refractivity (Wildman–Crippen MR) is 126 cm³/mol. The molecule has 2 N–H and O–H groups in total. The molecule has 1 amide bonds. The van der Waals surface area contributed by atoms with Gasteiger partial charge in [0.05, 0.1) is 31.7 Å². The van der Waals surface area contributed by atoms with E-state index in [9.17, 15) is 9.90 Å². The normalized spacial score (nSPS) is 22.8. The van der Waals surface area contributed by atoms with Crippen LogP contribution in [0.25, 0.3) is 0 Å². The molecule has 1 saturated heterocycles. The smallest absolute Gasteiger partial charge is 0.221 e. The topological polar surface area (TPSA) is 85.6 Å². The fourth-order valence-electron chi connectivity index (χ4n) is 3.96. The summed E-state index contributed by atoms with van der Waals surface area (Å²) in [5.41, 5.74) is 3.25. The van der Waals surface area contributed by atoms with Crippen LogP contribution in [-0.4, -0.2) is 26.7 Å². The Morgan fingerprint density at radius 3 is 2.55 bits per heavy atom. The summed E-state index contributed by atoms with van der Waals surface area (Å²) in [5, 5.41) is 12.8. The molecule has 1 aromatic heterocycles. The maximum atomic E-state index is 11.5. The van der Waals surface area contributed by atoms with Crippen molar-refractivity contribution in [2.75, 3.05) is 5.32 Å². The summed E-state index contributed by atoms with van der Waals surface area (Å²) >= 11 is 12.3. The number of aromatic nitrogens is 2. The van der Waals surface area contributed by atoms with Gasteiger partial charge in [0.25, 0.3) is 0 Å². The van der Waals surface area contributed by atoms with E-state index in [-0.39, 0.29) is 35.8 Å². The molecule has 33 heavy (non-hydrogen) atoms. The highest BCUT2D eigenvalue weighted by Gasteiger charge is 2.39. The molecule has 3 aromatic rings. The van der Waals surface area contributed by atoms with Gasteiger partial charge in [-0.2, -0.15) is 0 Å². The Morgan fingerprint density at radius 2 is 1.91 bits per heavy atom. The zero-order valence-electron chi connectivity index (χ0n) is 18.2. The molecule has 0 saturated carbocycles. The van der Waals surface area contributed by atoms with E-state index in [1.54, 1.807) is 10.9 Å². The number of carbonyl (C=O) groups excluding carboxylic acids is 1. The third-order valence-electron chi connectivity index (χ3n) is 5.71. The van der Waals surface area contributed by atoms with Gasteiger partial charge in [-0.1, -0.05) is 66.5 Å². The number of aliphatic hydroxyl groups is 1. The van der Waals surface area contributed by atoms with E-state index in [1.165, 1.54) is 6.92 Å². The predicted octanol–water partition coefficient (Wildman–Crippen LogP) is 5.13. The largest absolute Gasteiger partial charge is 0.392 e. The fourth-order valence-corrected chi connectivity index (χ4v) is 4.27. The van der Waals surface area contributed by atoms with Crippen LogP contribution in [0.4, 0.5) is 5.69 Å². The Kier molecular flexibility index (Phi) is 7.36. The second kappa shape index (κ2) is 10.2. The van der Waals surface area contributed by atoms with Crippen LogP contribution in [0.1, 0.15) is 42.9 Å². The lowest BCUT2D eigenvalue weighted by Crippen LogP contribution is -2.39. The van der Waals surface area contributed by atoms with E-state index in [0.29, 0.717) is 17.4 Å². The van der Waals surface area contributed by atoms with Crippen molar-refractivity contribution in [1.29, 1.82) is 0 Å². The molecule has 2 aromatic carbocycles. The molecule has 4 atom stereocenters. The molecule has 0 radical (unpaired) electrons. The van der Waals surface area contributed by atoms with Crippen molar-refractivity contribution in [3.63, 3.8) is 0 Å². The van der Waals surface area contributed by atoms with Gasteiger partial charge in [0.15, 0.2) is 11.4 Å². The van der Waals surface area contributed by atoms with Crippen LogP contribution in [-0.2, 0) is 27.4 Å². The molecular formula is C24H25Cl2N3O4. The van der Waals surface area contributed by atoms with E-state index >= 15 is 0 Å². The highest BCUT2D eigenvalue weighted by atomic mass is 35.5. The Hall–Kier alpha value is -2.42. The first kappa shape index (κ1) is 23.7. The zero-order valence-corrected chi connectivity index (χ0v) is 19.8. The van der Waals surface area contributed by atoms with Crippen LogP contribution in [0.5, 0.6) is 0 Å². The second-order valence-electron chi connectivity index (χ2n) is 8.11. The number of aliphatic hydroxyl groups excluding tert-OH is 1. The highest BCUT2D eigenvalue weighted by molar-refractivity contribution is 6.40. The van der Waals surface area contributed by atoms with Gasteiger partial charge in [0.2, 0.25) is 5.91 Å². The number of anilines is 1. The number of carbonyl (C=O) groups is 1. The van der Waals surface area contributed by atoms with Gasteiger partial charge in [-0.25, -0.2) is 4.98 Å². The van der Waals surface area contributed by atoms with Gasteiger partial charge in [0, 0.05) is 24.1 Å². The summed E-state index contributed by atoms with van der Waals surface area (Å²) in [5.74, 6) is -0.186. The molecule has 0 aliphatic carbocycles. The number of nitrogens with zero attached hydrogens (tertiary/aromatic N) is 2. The van der Waals surface area contributed by atoms with Gasteiger partial charge in [-0.05, 0) is 23.3 Å². The minimum absolute atomic E-state index is 0.0223. The maximum absolute atomic E-state index is 11.5. The first-order valence-corrected chi connectivity index (χ1v) is 11.4. The van der Waals surface area contributed by atoms with Crippen LogP contribution < -0.4 is 5.32 Å². The third kappa shape index (κ3) is 5.39.